The number of halogens is 2. The maximum Gasteiger partial charge on any atom is 0.264 e. The maximum atomic E-state index is 13.4. The van der Waals surface area contributed by atoms with Gasteiger partial charge in [-0.3, -0.25) is 14.4 Å². The number of amides is 1. The van der Waals surface area contributed by atoms with Gasteiger partial charge in [-0.15, -0.1) is 10.2 Å². The summed E-state index contributed by atoms with van der Waals surface area (Å²) < 4.78 is 28.4. The Kier molecular flexibility index (Phi) is 8.40. The molecule has 12 heteroatoms. The molecule has 1 amide bonds. The highest BCUT2D eigenvalue weighted by atomic mass is 35.5. The Hall–Kier alpha value is -1.85. The van der Waals surface area contributed by atoms with Gasteiger partial charge in [0.2, 0.25) is 11.0 Å². The third kappa shape index (κ3) is 6.14. The number of benzene rings is 2. The van der Waals surface area contributed by atoms with Crippen molar-refractivity contribution < 1.29 is 13.2 Å². The first-order valence-corrected chi connectivity index (χ1v) is 13.5. The largest absolute Gasteiger partial charge is 0.299 e. The number of aromatic nitrogens is 2. The molecule has 0 atom stereocenters. The molecular weight excluding hydrogens is 511 g/mol. The van der Waals surface area contributed by atoms with Gasteiger partial charge in [0.05, 0.1) is 20.6 Å². The minimum Gasteiger partial charge on any atom is -0.299 e. The molecule has 0 saturated carbocycles. The summed E-state index contributed by atoms with van der Waals surface area (Å²) in [7, 11) is -4.10. The number of hydrogen-bond donors (Lipinski definition) is 1. The molecule has 0 aliphatic carbocycles. The van der Waals surface area contributed by atoms with Crippen LogP contribution in [0.3, 0.4) is 0 Å². The van der Waals surface area contributed by atoms with E-state index in [4.69, 9.17) is 23.2 Å². The predicted octanol–water partition coefficient (Wildman–Crippen LogP) is 5.43. The fraction of sp³-hybridized carbons (Fsp3) is 0.250. The number of sulfonamides is 1. The van der Waals surface area contributed by atoms with E-state index in [0.29, 0.717) is 5.92 Å². The van der Waals surface area contributed by atoms with Crippen LogP contribution >= 0.6 is 46.3 Å². The van der Waals surface area contributed by atoms with Crippen LogP contribution in [0.25, 0.3) is 0 Å². The zero-order chi connectivity index (χ0) is 23.3. The lowest BCUT2D eigenvalue weighted by molar-refractivity contribution is -0.114. The molecule has 170 valence electrons. The van der Waals surface area contributed by atoms with E-state index in [1.54, 1.807) is 42.1 Å². The number of rotatable bonds is 9. The van der Waals surface area contributed by atoms with Crippen LogP contribution in [0.5, 0.6) is 0 Å². The van der Waals surface area contributed by atoms with Gasteiger partial charge in [-0.1, -0.05) is 84.4 Å². The van der Waals surface area contributed by atoms with Gasteiger partial charge in [0, 0.05) is 5.75 Å². The fourth-order valence-corrected chi connectivity index (χ4v) is 6.20. The molecule has 1 aromatic heterocycles. The van der Waals surface area contributed by atoms with Gasteiger partial charge in [0.15, 0.2) is 4.34 Å². The van der Waals surface area contributed by atoms with Gasteiger partial charge >= 0.3 is 0 Å². The summed E-state index contributed by atoms with van der Waals surface area (Å²) in [5.74, 6) is 0.775. The maximum absolute atomic E-state index is 13.4. The Morgan fingerprint density at radius 1 is 1.12 bits per heavy atom. The highest BCUT2D eigenvalue weighted by Gasteiger charge is 2.29. The standard InChI is InChI=1S/C20H20Cl2N4O3S3/c1-13(2)12-30-20-25-24-19(31-20)23-17(27)11-26(16-10-6-9-15(21)18(16)22)32(28,29)14-7-4-3-5-8-14/h3-10,13H,11-12H2,1-2H3,(H,23,24,27). The molecule has 0 unspecified atom stereocenters. The van der Waals surface area contributed by atoms with Crippen LogP contribution in [0.15, 0.2) is 57.8 Å². The van der Waals surface area contributed by atoms with Crippen LogP contribution in [-0.4, -0.2) is 36.8 Å². The highest BCUT2D eigenvalue weighted by Crippen LogP contribution is 2.35. The third-order valence-electron chi connectivity index (χ3n) is 4.01. The lowest BCUT2D eigenvalue weighted by Crippen LogP contribution is -2.38. The lowest BCUT2D eigenvalue weighted by atomic mass is 10.3. The van der Waals surface area contributed by atoms with Crippen molar-refractivity contribution in [3.05, 3.63) is 58.6 Å². The topological polar surface area (TPSA) is 92.3 Å². The molecule has 0 aliphatic heterocycles. The van der Waals surface area contributed by atoms with E-state index >= 15 is 0 Å². The van der Waals surface area contributed by atoms with Crippen molar-refractivity contribution in [1.82, 2.24) is 10.2 Å². The zero-order valence-electron chi connectivity index (χ0n) is 17.2. The van der Waals surface area contributed by atoms with E-state index in [0.717, 1.165) is 14.4 Å². The molecule has 0 radical (unpaired) electrons. The van der Waals surface area contributed by atoms with E-state index in [2.05, 4.69) is 29.4 Å². The minimum absolute atomic E-state index is 0.0205. The van der Waals surface area contributed by atoms with Gasteiger partial charge in [0.1, 0.15) is 6.54 Å². The Morgan fingerprint density at radius 2 is 1.84 bits per heavy atom. The number of carbonyl (C=O) groups is 1. The van der Waals surface area contributed by atoms with Gasteiger partial charge in [-0.25, -0.2) is 8.42 Å². The Bertz CT molecular complexity index is 1190. The number of hydrogen-bond acceptors (Lipinski definition) is 7. The summed E-state index contributed by atoms with van der Waals surface area (Å²) >= 11 is 15.2. The molecule has 0 fully saturated rings. The van der Waals surface area contributed by atoms with E-state index in [1.807, 2.05) is 0 Å². The molecule has 32 heavy (non-hydrogen) atoms. The molecular formula is C20H20Cl2N4O3S3. The Morgan fingerprint density at radius 3 is 2.53 bits per heavy atom. The van der Waals surface area contributed by atoms with E-state index < -0.39 is 22.5 Å². The van der Waals surface area contributed by atoms with E-state index in [1.165, 1.54) is 29.5 Å². The van der Waals surface area contributed by atoms with Crippen molar-refractivity contribution in [2.45, 2.75) is 23.1 Å². The molecule has 2 aromatic carbocycles. The van der Waals surface area contributed by atoms with Gasteiger partial charge in [0.25, 0.3) is 10.0 Å². The van der Waals surface area contributed by atoms with Crippen LogP contribution in [-0.2, 0) is 14.8 Å². The normalized spacial score (nSPS) is 11.5. The first-order valence-electron chi connectivity index (χ1n) is 9.46. The van der Waals surface area contributed by atoms with Gasteiger partial charge in [-0.2, -0.15) is 0 Å². The van der Waals surface area contributed by atoms with Gasteiger partial charge < -0.3 is 0 Å². The van der Waals surface area contributed by atoms with Crippen molar-refractivity contribution in [3.63, 3.8) is 0 Å². The quantitative estimate of drug-likeness (QED) is 0.293. The predicted molar refractivity (Wildman–Crippen MR) is 132 cm³/mol. The molecule has 0 spiro atoms. The first kappa shape index (κ1) is 24.8. The fourth-order valence-electron chi connectivity index (χ4n) is 2.55. The van der Waals surface area contributed by atoms with E-state index in [-0.39, 0.29) is 25.8 Å². The molecule has 1 N–H and O–H groups in total. The van der Waals surface area contributed by atoms with Crippen LogP contribution < -0.4 is 9.62 Å². The number of thioether (sulfide) groups is 1. The number of nitrogens with one attached hydrogen (secondary N) is 1. The monoisotopic (exact) mass is 530 g/mol. The summed E-state index contributed by atoms with van der Waals surface area (Å²) in [4.78, 5) is 12.8. The van der Waals surface area contributed by atoms with Crippen molar-refractivity contribution in [2.75, 3.05) is 21.9 Å². The third-order valence-corrected chi connectivity index (χ3v) is 8.99. The Labute approximate surface area is 205 Å². The first-order chi connectivity index (χ1) is 15.2. The second-order valence-electron chi connectivity index (χ2n) is 7.02. The minimum atomic E-state index is -4.10. The smallest absolute Gasteiger partial charge is 0.264 e. The molecule has 0 aliphatic rings. The van der Waals surface area contributed by atoms with Crippen LogP contribution in [0.2, 0.25) is 10.0 Å². The zero-order valence-corrected chi connectivity index (χ0v) is 21.1. The molecule has 0 saturated heterocycles. The van der Waals surface area contributed by atoms with Crippen LogP contribution in [0.1, 0.15) is 13.8 Å². The van der Waals surface area contributed by atoms with E-state index in [9.17, 15) is 13.2 Å². The number of carbonyl (C=O) groups excluding carboxylic acids is 1. The summed E-state index contributed by atoms with van der Waals surface area (Å²) in [5, 5.41) is 11.1. The van der Waals surface area contributed by atoms with Gasteiger partial charge in [-0.05, 0) is 30.2 Å². The highest BCUT2D eigenvalue weighted by molar-refractivity contribution is 8.01. The summed E-state index contributed by atoms with van der Waals surface area (Å²) in [6.45, 7) is 3.67. The molecule has 3 rings (SSSR count). The van der Waals surface area contributed by atoms with Crippen molar-refractivity contribution in [1.29, 1.82) is 0 Å². The average molecular weight is 532 g/mol. The molecule has 0 bridgehead atoms. The molecule has 3 aromatic rings. The van der Waals surface area contributed by atoms with Crippen molar-refractivity contribution >= 4 is 73.0 Å². The summed E-state index contributed by atoms with van der Waals surface area (Å²) in [5.41, 5.74) is 0.101. The van der Waals surface area contributed by atoms with Crippen molar-refractivity contribution in [2.24, 2.45) is 5.92 Å². The molecule has 1 heterocycles. The second kappa shape index (κ2) is 10.8. The molecule has 7 nitrogen and oxygen atoms in total. The summed E-state index contributed by atoms with van der Waals surface area (Å²) in [6, 6.07) is 12.4. The van der Waals surface area contributed by atoms with Crippen LogP contribution in [0.4, 0.5) is 10.8 Å². The summed E-state index contributed by atoms with van der Waals surface area (Å²) in [6.07, 6.45) is 0. The Balaban J connectivity index is 1.86. The van der Waals surface area contributed by atoms with Crippen molar-refractivity contribution in [3.8, 4) is 0 Å². The SMILES string of the molecule is CC(C)CSc1nnc(NC(=O)CN(c2cccc(Cl)c2Cl)S(=O)(=O)c2ccccc2)s1. The number of anilines is 2. The van der Waals surface area contributed by atoms with Crippen LogP contribution in [0, 0.1) is 5.92 Å². The number of nitrogens with zero attached hydrogens (tertiary/aromatic N) is 3. The second-order valence-corrected chi connectivity index (χ2v) is 11.9. The average Bonchev–Trinajstić information content (AvgIpc) is 3.20. The lowest BCUT2D eigenvalue weighted by Gasteiger charge is -2.25.